The number of unbranched alkanes of at least 4 members (excludes halogenated alkanes) is 6. The molecule has 3 N–H and O–H groups in total. The molecule has 112 valence electrons. The maximum atomic E-state index is 11.4. The van der Waals surface area contributed by atoms with E-state index in [2.05, 4.69) is 6.92 Å². The molecular formula is C17H27NO2. The molecule has 1 atom stereocenters. The van der Waals surface area contributed by atoms with E-state index < -0.39 is 11.9 Å². The third-order valence-corrected chi connectivity index (χ3v) is 3.77. The first-order valence-electron chi connectivity index (χ1n) is 7.74. The summed E-state index contributed by atoms with van der Waals surface area (Å²) in [5, 5.41) is 9.37. The smallest absolute Gasteiger partial charge is 0.311 e. The van der Waals surface area contributed by atoms with Gasteiger partial charge in [-0.1, -0.05) is 70.1 Å². The highest BCUT2D eigenvalue weighted by Crippen LogP contribution is 2.27. The van der Waals surface area contributed by atoms with E-state index in [1.807, 2.05) is 18.2 Å². The molecule has 0 saturated carbocycles. The molecule has 0 amide bonds. The topological polar surface area (TPSA) is 63.3 Å². The van der Waals surface area contributed by atoms with E-state index in [1.54, 1.807) is 6.07 Å². The van der Waals surface area contributed by atoms with E-state index >= 15 is 0 Å². The molecule has 0 radical (unpaired) electrons. The van der Waals surface area contributed by atoms with Gasteiger partial charge in [0.1, 0.15) is 0 Å². The Bertz CT molecular complexity index is 404. The van der Waals surface area contributed by atoms with Crippen LogP contribution in [-0.4, -0.2) is 11.1 Å². The van der Waals surface area contributed by atoms with Crippen LogP contribution in [0.3, 0.4) is 0 Å². The molecule has 20 heavy (non-hydrogen) atoms. The van der Waals surface area contributed by atoms with Gasteiger partial charge in [0, 0.05) is 5.69 Å². The van der Waals surface area contributed by atoms with Crippen LogP contribution in [-0.2, 0) is 4.79 Å². The second-order valence-corrected chi connectivity index (χ2v) is 5.43. The lowest BCUT2D eigenvalue weighted by Crippen LogP contribution is -2.13. The summed E-state index contributed by atoms with van der Waals surface area (Å²) in [6.45, 7) is 2.21. The summed E-state index contributed by atoms with van der Waals surface area (Å²) in [5.41, 5.74) is 7.22. The minimum atomic E-state index is -0.770. The minimum absolute atomic E-state index is 0.466. The van der Waals surface area contributed by atoms with Gasteiger partial charge in [0.2, 0.25) is 0 Å². The van der Waals surface area contributed by atoms with Crippen molar-refractivity contribution in [3.63, 3.8) is 0 Å². The summed E-state index contributed by atoms with van der Waals surface area (Å²) in [4.78, 5) is 11.4. The molecule has 0 fully saturated rings. The Balaban J connectivity index is 2.38. The number of hydrogen-bond acceptors (Lipinski definition) is 2. The van der Waals surface area contributed by atoms with Crippen LogP contribution in [0.1, 0.15) is 69.8 Å². The number of nitrogens with two attached hydrogens (primary N) is 1. The molecule has 1 rings (SSSR count). The highest BCUT2D eigenvalue weighted by molar-refractivity contribution is 5.78. The maximum absolute atomic E-state index is 11.4. The summed E-state index contributed by atoms with van der Waals surface area (Å²) in [6, 6.07) is 7.29. The molecule has 0 aliphatic rings. The van der Waals surface area contributed by atoms with Crippen molar-refractivity contribution >= 4 is 11.7 Å². The fourth-order valence-corrected chi connectivity index (χ4v) is 2.55. The summed E-state index contributed by atoms with van der Waals surface area (Å²) < 4.78 is 0. The number of anilines is 1. The van der Waals surface area contributed by atoms with Gasteiger partial charge in [-0.25, -0.2) is 0 Å². The number of benzene rings is 1. The Labute approximate surface area is 122 Å². The average molecular weight is 277 g/mol. The zero-order valence-corrected chi connectivity index (χ0v) is 12.5. The van der Waals surface area contributed by atoms with Crippen LogP contribution in [0.4, 0.5) is 5.69 Å². The van der Waals surface area contributed by atoms with Crippen molar-refractivity contribution in [1.29, 1.82) is 0 Å². The summed E-state index contributed by atoms with van der Waals surface area (Å²) in [6.07, 6.45) is 9.07. The maximum Gasteiger partial charge on any atom is 0.311 e. The predicted octanol–water partition coefficient (Wildman–Crippen LogP) is 4.58. The molecule has 0 aliphatic heterocycles. The molecule has 1 unspecified atom stereocenters. The predicted molar refractivity (Wildman–Crippen MR) is 83.8 cm³/mol. The van der Waals surface area contributed by atoms with Gasteiger partial charge in [0.15, 0.2) is 0 Å². The number of nitrogen functional groups attached to an aromatic ring is 1. The van der Waals surface area contributed by atoms with Crippen LogP contribution in [0.5, 0.6) is 0 Å². The molecule has 3 heteroatoms. The third-order valence-electron chi connectivity index (χ3n) is 3.77. The Morgan fingerprint density at radius 3 is 2.30 bits per heavy atom. The first-order valence-corrected chi connectivity index (χ1v) is 7.74. The molecule has 1 aromatic rings. The van der Waals surface area contributed by atoms with Crippen molar-refractivity contribution in [2.75, 3.05) is 5.73 Å². The lowest BCUT2D eigenvalue weighted by molar-refractivity contribution is -0.139. The number of carbonyl (C=O) groups is 1. The molecule has 0 aliphatic carbocycles. The Morgan fingerprint density at radius 1 is 1.10 bits per heavy atom. The van der Waals surface area contributed by atoms with Crippen LogP contribution in [0, 0.1) is 0 Å². The first-order chi connectivity index (χ1) is 9.66. The third kappa shape index (κ3) is 5.64. The fourth-order valence-electron chi connectivity index (χ4n) is 2.55. The number of para-hydroxylation sites is 1. The SMILES string of the molecule is CCCCCCCCCC(C(=O)O)c1ccccc1N. The first kappa shape index (κ1) is 16.5. The average Bonchev–Trinajstić information content (AvgIpc) is 2.43. The van der Waals surface area contributed by atoms with Gasteiger partial charge in [-0.2, -0.15) is 0 Å². The van der Waals surface area contributed by atoms with Gasteiger partial charge in [0.05, 0.1) is 5.92 Å². The van der Waals surface area contributed by atoms with Crippen molar-refractivity contribution < 1.29 is 9.90 Å². The largest absolute Gasteiger partial charge is 0.481 e. The lowest BCUT2D eigenvalue weighted by Gasteiger charge is -2.14. The molecule has 0 aromatic heterocycles. The highest BCUT2D eigenvalue weighted by atomic mass is 16.4. The highest BCUT2D eigenvalue weighted by Gasteiger charge is 2.21. The zero-order valence-electron chi connectivity index (χ0n) is 12.5. The molecule has 0 saturated heterocycles. The van der Waals surface area contributed by atoms with E-state index in [4.69, 9.17) is 5.73 Å². The van der Waals surface area contributed by atoms with Crippen molar-refractivity contribution in [3.8, 4) is 0 Å². The lowest BCUT2D eigenvalue weighted by atomic mass is 9.92. The van der Waals surface area contributed by atoms with Crippen molar-refractivity contribution in [2.45, 2.75) is 64.2 Å². The van der Waals surface area contributed by atoms with Crippen LogP contribution in [0.25, 0.3) is 0 Å². The number of carboxylic acid groups (broad SMARTS) is 1. The Kier molecular flexibility index (Phi) is 7.78. The van der Waals surface area contributed by atoms with Crippen LogP contribution in [0.2, 0.25) is 0 Å². The van der Waals surface area contributed by atoms with Crippen LogP contribution < -0.4 is 5.73 Å². The van der Waals surface area contributed by atoms with Gasteiger partial charge in [-0.15, -0.1) is 0 Å². The second-order valence-electron chi connectivity index (χ2n) is 5.43. The van der Waals surface area contributed by atoms with Crippen LogP contribution in [0.15, 0.2) is 24.3 Å². The monoisotopic (exact) mass is 277 g/mol. The van der Waals surface area contributed by atoms with Gasteiger partial charge in [-0.3, -0.25) is 4.79 Å². The number of rotatable bonds is 10. The van der Waals surface area contributed by atoms with Crippen molar-refractivity contribution in [2.24, 2.45) is 0 Å². The molecule has 1 aromatic carbocycles. The Hall–Kier alpha value is -1.51. The molecule has 0 heterocycles. The molecule has 3 nitrogen and oxygen atoms in total. The zero-order chi connectivity index (χ0) is 14.8. The fraction of sp³-hybridized carbons (Fsp3) is 0.588. The van der Waals surface area contributed by atoms with Gasteiger partial charge < -0.3 is 10.8 Å². The molecule has 0 spiro atoms. The quantitative estimate of drug-likeness (QED) is 0.486. The van der Waals surface area contributed by atoms with E-state index in [-0.39, 0.29) is 0 Å². The van der Waals surface area contributed by atoms with Crippen molar-refractivity contribution in [3.05, 3.63) is 29.8 Å². The molecular weight excluding hydrogens is 250 g/mol. The van der Waals surface area contributed by atoms with E-state index in [1.165, 1.54) is 32.1 Å². The minimum Gasteiger partial charge on any atom is -0.481 e. The van der Waals surface area contributed by atoms with Gasteiger partial charge in [0.25, 0.3) is 0 Å². The normalized spacial score (nSPS) is 12.2. The number of aliphatic carboxylic acids is 1. The molecule has 0 bridgehead atoms. The van der Waals surface area contributed by atoms with Crippen LogP contribution >= 0.6 is 0 Å². The summed E-state index contributed by atoms with van der Waals surface area (Å²) in [5.74, 6) is -1.24. The van der Waals surface area contributed by atoms with E-state index in [0.29, 0.717) is 12.1 Å². The van der Waals surface area contributed by atoms with E-state index in [9.17, 15) is 9.90 Å². The van der Waals surface area contributed by atoms with Gasteiger partial charge in [-0.05, 0) is 18.1 Å². The standard InChI is InChI=1S/C17H27NO2/c1-2-3-4-5-6-7-8-12-15(17(19)20)14-11-9-10-13-16(14)18/h9-11,13,15H,2-8,12,18H2,1H3,(H,19,20). The second kappa shape index (κ2) is 9.40. The summed E-state index contributed by atoms with van der Waals surface area (Å²) in [7, 11) is 0. The number of carboxylic acids is 1. The van der Waals surface area contributed by atoms with Gasteiger partial charge >= 0.3 is 5.97 Å². The Morgan fingerprint density at radius 2 is 1.70 bits per heavy atom. The number of hydrogen-bond donors (Lipinski definition) is 2. The van der Waals surface area contributed by atoms with E-state index in [0.717, 1.165) is 18.4 Å². The van der Waals surface area contributed by atoms with Crippen molar-refractivity contribution in [1.82, 2.24) is 0 Å². The summed E-state index contributed by atoms with van der Waals surface area (Å²) >= 11 is 0.